The van der Waals surface area contributed by atoms with Crippen LogP contribution >= 0.6 is 11.8 Å². The third-order valence-corrected chi connectivity index (χ3v) is 4.94. The third-order valence-electron chi connectivity index (χ3n) is 4.09. The Kier molecular flexibility index (Phi) is 6.13. The molecule has 0 saturated carbocycles. The van der Waals surface area contributed by atoms with Gasteiger partial charge in [0.25, 0.3) is 0 Å². The first-order valence-corrected chi connectivity index (χ1v) is 9.65. The maximum atomic E-state index is 12.2. The van der Waals surface area contributed by atoms with Crippen LogP contribution in [0.1, 0.15) is 5.56 Å². The fraction of sp³-hybridized carbons (Fsp3) is 0.250. The lowest BCUT2D eigenvalue weighted by atomic mass is 10.2. The Hall–Kier alpha value is -2.80. The molecule has 1 amide bonds. The van der Waals surface area contributed by atoms with Gasteiger partial charge in [0.1, 0.15) is 5.82 Å². The second-order valence-corrected chi connectivity index (χ2v) is 7.19. The summed E-state index contributed by atoms with van der Waals surface area (Å²) in [7, 11) is 5.84. The molecule has 0 saturated heterocycles. The summed E-state index contributed by atoms with van der Waals surface area (Å²) >= 11 is 1.33. The van der Waals surface area contributed by atoms with Crippen LogP contribution in [0.4, 0.5) is 11.5 Å². The molecular formula is C20H23N5OS. The average Bonchev–Trinajstić information content (AvgIpc) is 2.70. The zero-order valence-electron chi connectivity index (χ0n) is 15.7. The van der Waals surface area contributed by atoms with Crippen molar-refractivity contribution in [2.24, 2.45) is 0 Å². The molecule has 2 N–H and O–H groups in total. The van der Waals surface area contributed by atoms with Crippen LogP contribution in [-0.4, -0.2) is 42.8 Å². The van der Waals surface area contributed by atoms with Gasteiger partial charge in [0.05, 0.1) is 11.3 Å². The minimum atomic E-state index is -0.0422. The second-order valence-electron chi connectivity index (χ2n) is 6.25. The SMILES string of the molecule is CNc1nc(SCC(=O)NCc2ccc(N(C)C)cc2)nc2ccccc12. The van der Waals surface area contributed by atoms with E-state index < -0.39 is 0 Å². The number of nitrogens with zero attached hydrogens (tertiary/aromatic N) is 3. The Labute approximate surface area is 163 Å². The molecule has 0 spiro atoms. The van der Waals surface area contributed by atoms with Gasteiger partial charge in [-0.25, -0.2) is 9.97 Å². The van der Waals surface area contributed by atoms with Gasteiger partial charge in [0.15, 0.2) is 5.16 Å². The van der Waals surface area contributed by atoms with Gasteiger partial charge < -0.3 is 15.5 Å². The predicted molar refractivity (Wildman–Crippen MR) is 112 cm³/mol. The Morgan fingerprint density at radius 2 is 1.81 bits per heavy atom. The van der Waals surface area contributed by atoms with Crippen LogP contribution in [0.15, 0.2) is 53.7 Å². The molecule has 140 valence electrons. The maximum Gasteiger partial charge on any atom is 0.230 e. The summed E-state index contributed by atoms with van der Waals surface area (Å²) in [6.45, 7) is 0.507. The van der Waals surface area contributed by atoms with Crippen LogP contribution in [0.5, 0.6) is 0 Å². The van der Waals surface area contributed by atoms with Crippen molar-refractivity contribution >= 4 is 40.1 Å². The highest BCUT2D eigenvalue weighted by Gasteiger charge is 2.09. The Bertz CT molecular complexity index is 927. The Balaban J connectivity index is 1.56. The number of hydrogen-bond donors (Lipinski definition) is 2. The molecule has 1 aromatic heterocycles. The normalized spacial score (nSPS) is 10.6. The summed E-state index contributed by atoms with van der Waals surface area (Å²) in [4.78, 5) is 23.2. The lowest BCUT2D eigenvalue weighted by molar-refractivity contribution is -0.118. The van der Waals surface area contributed by atoms with E-state index in [1.54, 1.807) is 0 Å². The van der Waals surface area contributed by atoms with Crippen molar-refractivity contribution in [1.29, 1.82) is 0 Å². The molecule has 0 aliphatic carbocycles. The number of aromatic nitrogens is 2. The number of benzene rings is 2. The van der Waals surface area contributed by atoms with E-state index in [0.29, 0.717) is 11.7 Å². The number of amides is 1. The summed E-state index contributed by atoms with van der Waals surface area (Å²) < 4.78 is 0. The van der Waals surface area contributed by atoms with Gasteiger partial charge in [-0.3, -0.25) is 4.79 Å². The largest absolute Gasteiger partial charge is 0.378 e. The molecule has 0 aliphatic heterocycles. The molecule has 0 bridgehead atoms. The number of nitrogens with one attached hydrogen (secondary N) is 2. The molecule has 6 nitrogen and oxygen atoms in total. The van der Waals surface area contributed by atoms with Gasteiger partial charge in [-0.15, -0.1) is 0 Å². The molecule has 2 aromatic carbocycles. The van der Waals surface area contributed by atoms with E-state index in [4.69, 9.17) is 0 Å². The second kappa shape index (κ2) is 8.73. The van der Waals surface area contributed by atoms with E-state index in [-0.39, 0.29) is 11.7 Å². The molecule has 3 rings (SSSR count). The van der Waals surface area contributed by atoms with Crippen LogP contribution in [0.3, 0.4) is 0 Å². The number of fused-ring (bicyclic) bond motifs is 1. The number of thioether (sulfide) groups is 1. The van der Waals surface area contributed by atoms with Gasteiger partial charge in [-0.05, 0) is 29.8 Å². The fourth-order valence-corrected chi connectivity index (χ4v) is 3.29. The lowest BCUT2D eigenvalue weighted by Crippen LogP contribution is -2.24. The van der Waals surface area contributed by atoms with Crippen LogP contribution in [0.2, 0.25) is 0 Å². The number of para-hydroxylation sites is 1. The smallest absolute Gasteiger partial charge is 0.230 e. The maximum absolute atomic E-state index is 12.2. The summed E-state index contributed by atoms with van der Waals surface area (Å²) in [6, 6.07) is 15.9. The molecule has 7 heteroatoms. The molecule has 0 aliphatic rings. The van der Waals surface area contributed by atoms with Crippen molar-refractivity contribution in [3.05, 3.63) is 54.1 Å². The van der Waals surface area contributed by atoms with Crippen molar-refractivity contribution < 1.29 is 4.79 Å². The zero-order valence-corrected chi connectivity index (χ0v) is 16.5. The Morgan fingerprint density at radius 1 is 1.07 bits per heavy atom. The summed E-state index contributed by atoms with van der Waals surface area (Å²) in [6.07, 6.45) is 0. The minimum Gasteiger partial charge on any atom is -0.378 e. The van der Waals surface area contributed by atoms with E-state index in [1.807, 2.05) is 74.6 Å². The van der Waals surface area contributed by atoms with Crippen molar-refractivity contribution in [1.82, 2.24) is 15.3 Å². The summed E-state index contributed by atoms with van der Waals surface area (Å²) in [5.41, 5.74) is 3.06. The topological polar surface area (TPSA) is 70.2 Å². The number of carbonyl (C=O) groups excluding carboxylic acids is 1. The van der Waals surface area contributed by atoms with Gasteiger partial charge in [-0.2, -0.15) is 0 Å². The van der Waals surface area contributed by atoms with Gasteiger partial charge in [-0.1, -0.05) is 36.0 Å². The first-order valence-electron chi connectivity index (χ1n) is 8.67. The highest BCUT2D eigenvalue weighted by molar-refractivity contribution is 7.99. The standard InChI is InChI=1S/C20H23N5OS/c1-21-19-16-6-4-5-7-17(16)23-20(24-19)27-13-18(26)22-12-14-8-10-15(11-9-14)25(2)3/h4-11H,12-13H2,1-3H3,(H,22,26)(H,21,23,24). The first-order chi connectivity index (χ1) is 13.1. The van der Waals surface area contributed by atoms with Crippen LogP contribution in [-0.2, 0) is 11.3 Å². The average molecular weight is 382 g/mol. The van der Waals surface area contributed by atoms with Crippen LogP contribution < -0.4 is 15.5 Å². The van der Waals surface area contributed by atoms with Gasteiger partial charge in [0, 0.05) is 38.8 Å². The number of anilines is 2. The highest BCUT2D eigenvalue weighted by atomic mass is 32.2. The molecule has 3 aromatic rings. The molecule has 27 heavy (non-hydrogen) atoms. The predicted octanol–water partition coefficient (Wildman–Crippen LogP) is 3.15. The number of hydrogen-bond acceptors (Lipinski definition) is 6. The highest BCUT2D eigenvalue weighted by Crippen LogP contribution is 2.23. The van der Waals surface area contributed by atoms with Crippen molar-refractivity contribution in [3.63, 3.8) is 0 Å². The fourth-order valence-electron chi connectivity index (χ4n) is 2.60. The van der Waals surface area contributed by atoms with E-state index in [2.05, 4.69) is 20.6 Å². The Morgan fingerprint density at radius 3 is 2.52 bits per heavy atom. The quantitative estimate of drug-likeness (QED) is 0.484. The molecule has 0 atom stereocenters. The van der Waals surface area contributed by atoms with E-state index in [9.17, 15) is 4.79 Å². The molecule has 1 heterocycles. The lowest BCUT2D eigenvalue weighted by Gasteiger charge is -2.13. The molecule has 0 fully saturated rings. The third kappa shape index (κ3) is 4.89. The minimum absolute atomic E-state index is 0.0422. The molecule has 0 radical (unpaired) electrons. The summed E-state index contributed by atoms with van der Waals surface area (Å²) in [5.74, 6) is 1.00. The van der Waals surface area contributed by atoms with Crippen LogP contribution in [0, 0.1) is 0 Å². The van der Waals surface area contributed by atoms with Crippen molar-refractivity contribution in [2.45, 2.75) is 11.7 Å². The number of carbonyl (C=O) groups is 1. The van der Waals surface area contributed by atoms with E-state index in [1.165, 1.54) is 11.8 Å². The zero-order chi connectivity index (χ0) is 19.2. The summed E-state index contributed by atoms with van der Waals surface area (Å²) in [5, 5.41) is 7.58. The van der Waals surface area contributed by atoms with E-state index in [0.717, 1.165) is 28.0 Å². The van der Waals surface area contributed by atoms with Crippen LogP contribution in [0.25, 0.3) is 10.9 Å². The van der Waals surface area contributed by atoms with Gasteiger partial charge in [0.2, 0.25) is 5.91 Å². The van der Waals surface area contributed by atoms with Crippen molar-refractivity contribution in [2.75, 3.05) is 37.1 Å². The number of rotatable bonds is 7. The monoisotopic (exact) mass is 381 g/mol. The van der Waals surface area contributed by atoms with E-state index >= 15 is 0 Å². The van der Waals surface area contributed by atoms with Crippen molar-refractivity contribution in [3.8, 4) is 0 Å². The molecular weight excluding hydrogens is 358 g/mol. The van der Waals surface area contributed by atoms with Gasteiger partial charge >= 0.3 is 0 Å². The first kappa shape index (κ1) is 19.0. The molecule has 0 unspecified atom stereocenters.